The Hall–Kier alpha value is -4.96. The number of para-hydroxylation sites is 1. The van der Waals surface area contributed by atoms with Crippen LogP contribution in [-0.4, -0.2) is 18.8 Å². The summed E-state index contributed by atoms with van der Waals surface area (Å²) in [6, 6.07) is 35.5. The first-order valence-corrected chi connectivity index (χ1v) is 13.8. The Labute approximate surface area is 240 Å². The van der Waals surface area contributed by atoms with E-state index in [9.17, 15) is 0 Å². The maximum atomic E-state index is 7.29. The van der Waals surface area contributed by atoms with E-state index in [1.165, 1.54) is 22.2 Å². The zero-order valence-corrected chi connectivity index (χ0v) is 23.6. The minimum atomic E-state index is -0.840. The molecular formula is C37H31NO3. The van der Waals surface area contributed by atoms with Gasteiger partial charge in [-0.1, -0.05) is 66.7 Å². The predicted octanol–water partition coefficient (Wildman–Crippen LogP) is 8.77. The van der Waals surface area contributed by atoms with Crippen molar-refractivity contribution in [3.63, 3.8) is 0 Å². The van der Waals surface area contributed by atoms with Crippen LogP contribution in [0.25, 0.3) is 33.4 Å². The van der Waals surface area contributed by atoms with E-state index >= 15 is 0 Å². The van der Waals surface area contributed by atoms with Gasteiger partial charge in [0, 0.05) is 44.2 Å². The van der Waals surface area contributed by atoms with E-state index in [1.54, 1.807) is 14.2 Å². The smallest absolute Gasteiger partial charge is 0.178 e. The number of aromatic nitrogens is 1. The molecule has 0 aliphatic carbocycles. The number of aryl methyl sites for hydroxylation is 1. The standard InChI is InChI=1S/C37H31NO3/c1-24-25(2)38(28-10-6-5-7-11-28)35-31-12-8-9-13-32(31)36-33(34(24)35)22-23-37(41-36,26-14-18-29(39-3)19-15-26)27-16-20-30(40-4)21-17-27/h5-23H,1-4H3. The Bertz CT molecular complexity index is 1880. The van der Waals surface area contributed by atoms with Gasteiger partial charge in [0.15, 0.2) is 5.60 Å². The highest BCUT2D eigenvalue weighted by molar-refractivity contribution is 6.15. The fourth-order valence-electron chi connectivity index (χ4n) is 6.26. The molecule has 0 unspecified atom stereocenters. The number of fused-ring (bicyclic) bond motifs is 6. The second-order valence-corrected chi connectivity index (χ2v) is 10.5. The third-order valence-electron chi connectivity index (χ3n) is 8.45. The quantitative estimate of drug-likeness (QED) is 0.220. The molecule has 7 rings (SSSR count). The van der Waals surface area contributed by atoms with Crippen LogP contribution in [0.5, 0.6) is 17.2 Å². The van der Waals surface area contributed by atoms with Crippen LogP contribution in [0.2, 0.25) is 0 Å². The lowest BCUT2D eigenvalue weighted by atomic mass is 9.82. The minimum Gasteiger partial charge on any atom is -0.497 e. The largest absolute Gasteiger partial charge is 0.497 e. The van der Waals surface area contributed by atoms with Gasteiger partial charge in [-0.05, 0) is 68.0 Å². The van der Waals surface area contributed by atoms with Crippen molar-refractivity contribution in [3.8, 4) is 22.9 Å². The van der Waals surface area contributed by atoms with Crippen molar-refractivity contribution in [2.45, 2.75) is 19.4 Å². The van der Waals surface area contributed by atoms with Gasteiger partial charge in [-0.2, -0.15) is 0 Å². The average Bonchev–Trinajstić information content (AvgIpc) is 3.31. The zero-order chi connectivity index (χ0) is 28.1. The molecule has 6 aromatic rings. The minimum absolute atomic E-state index is 0.805. The van der Waals surface area contributed by atoms with E-state index in [0.29, 0.717) is 0 Å². The topological polar surface area (TPSA) is 32.6 Å². The first-order valence-electron chi connectivity index (χ1n) is 13.8. The van der Waals surface area contributed by atoms with Crippen molar-refractivity contribution >= 4 is 27.8 Å². The Morgan fingerprint density at radius 1 is 0.659 bits per heavy atom. The van der Waals surface area contributed by atoms with E-state index in [-0.39, 0.29) is 0 Å². The van der Waals surface area contributed by atoms with Crippen molar-refractivity contribution in [1.29, 1.82) is 0 Å². The highest BCUT2D eigenvalue weighted by Crippen LogP contribution is 2.50. The molecule has 1 aliphatic heterocycles. The van der Waals surface area contributed by atoms with Crippen molar-refractivity contribution in [1.82, 2.24) is 4.57 Å². The normalized spacial score (nSPS) is 13.7. The predicted molar refractivity (Wildman–Crippen MR) is 167 cm³/mol. The van der Waals surface area contributed by atoms with Crippen LogP contribution < -0.4 is 14.2 Å². The molecule has 5 aromatic carbocycles. The monoisotopic (exact) mass is 537 g/mol. The molecule has 2 heterocycles. The third kappa shape index (κ3) is 3.75. The maximum absolute atomic E-state index is 7.29. The number of hydrogen-bond donors (Lipinski definition) is 0. The van der Waals surface area contributed by atoms with Crippen LogP contribution in [0.1, 0.15) is 27.9 Å². The number of hydrogen-bond acceptors (Lipinski definition) is 3. The first-order chi connectivity index (χ1) is 20.1. The summed E-state index contributed by atoms with van der Waals surface area (Å²) in [4.78, 5) is 0. The summed E-state index contributed by atoms with van der Waals surface area (Å²) < 4.78 is 20.6. The Kier molecular flexibility index (Phi) is 5.86. The van der Waals surface area contributed by atoms with E-state index < -0.39 is 5.60 Å². The van der Waals surface area contributed by atoms with Crippen LogP contribution in [-0.2, 0) is 5.60 Å². The lowest BCUT2D eigenvalue weighted by Crippen LogP contribution is -2.34. The van der Waals surface area contributed by atoms with E-state index in [0.717, 1.165) is 50.4 Å². The van der Waals surface area contributed by atoms with Crippen molar-refractivity contribution in [3.05, 3.63) is 137 Å². The number of methoxy groups -OCH3 is 2. The van der Waals surface area contributed by atoms with Crippen LogP contribution in [0.15, 0.2) is 109 Å². The van der Waals surface area contributed by atoms with Gasteiger partial charge >= 0.3 is 0 Å². The Morgan fingerprint density at radius 2 is 1.22 bits per heavy atom. The van der Waals surface area contributed by atoms with Gasteiger partial charge in [-0.15, -0.1) is 0 Å². The van der Waals surface area contributed by atoms with Crippen molar-refractivity contribution in [2.75, 3.05) is 14.2 Å². The van der Waals surface area contributed by atoms with Crippen molar-refractivity contribution < 1.29 is 14.2 Å². The SMILES string of the molecule is COc1ccc(C2(c3ccc(OC)cc3)C=Cc3c(c4ccccc4c4c3c(C)c(C)n4-c3ccccc3)O2)cc1. The fraction of sp³-hybridized carbons (Fsp3) is 0.135. The van der Waals surface area contributed by atoms with Gasteiger partial charge in [0.05, 0.1) is 19.7 Å². The molecule has 0 saturated carbocycles. The molecule has 202 valence electrons. The molecule has 0 bridgehead atoms. The zero-order valence-electron chi connectivity index (χ0n) is 23.6. The molecule has 0 atom stereocenters. The van der Waals surface area contributed by atoms with Gasteiger partial charge < -0.3 is 18.8 Å². The number of rotatable bonds is 5. The van der Waals surface area contributed by atoms with E-state index in [2.05, 4.69) is 109 Å². The molecular weight excluding hydrogens is 506 g/mol. The van der Waals surface area contributed by atoms with Gasteiger partial charge in [-0.25, -0.2) is 0 Å². The molecule has 0 radical (unpaired) electrons. The molecule has 0 fully saturated rings. The summed E-state index contributed by atoms with van der Waals surface area (Å²) in [6.07, 6.45) is 4.45. The summed E-state index contributed by atoms with van der Waals surface area (Å²) in [6.45, 7) is 4.42. The van der Waals surface area contributed by atoms with E-state index in [4.69, 9.17) is 14.2 Å². The van der Waals surface area contributed by atoms with Gasteiger partial charge in [0.1, 0.15) is 17.2 Å². The first kappa shape index (κ1) is 25.0. The van der Waals surface area contributed by atoms with Gasteiger partial charge in [0.25, 0.3) is 0 Å². The maximum Gasteiger partial charge on any atom is 0.178 e. The molecule has 1 aliphatic rings. The van der Waals surface area contributed by atoms with Crippen LogP contribution in [0.4, 0.5) is 0 Å². The summed E-state index contributed by atoms with van der Waals surface area (Å²) in [5.41, 5.74) is 7.13. The highest BCUT2D eigenvalue weighted by atomic mass is 16.5. The fourth-order valence-corrected chi connectivity index (χ4v) is 6.26. The molecule has 4 nitrogen and oxygen atoms in total. The molecule has 1 aromatic heterocycles. The van der Waals surface area contributed by atoms with E-state index in [1.807, 2.05) is 24.3 Å². The molecule has 41 heavy (non-hydrogen) atoms. The molecule has 0 N–H and O–H groups in total. The average molecular weight is 538 g/mol. The second kappa shape index (κ2) is 9.60. The molecule has 0 spiro atoms. The number of ether oxygens (including phenoxy) is 3. The highest BCUT2D eigenvalue weighted by Gasteiger charge is 2.39. The third-order valence-corrected chi connectivity index (χ3v) is 8.45. The summed E-state index contributed by atoms with van der Waals surface area (Å²) in [7, 11) is 3.37. The van der Waals surface area contributed by atoms with Crippen LogP contribution >= 0.6 is 0 Å². The van der Waals surface area contributed by atoms with Crippen LogP contribution in [0, 0.1) is 13.8 Å². The van der Waals surface area contributed by atoms with Gasteiger partial charge in [0.2, 0.25) is 0 Å². The van der Waals surface area contributed by atoms with Crippen molar-refractivity contribution in [2.24, 2.45) is 0 Å². The molecule has 0 saturated heterocycles. The summed E-state index contributed by atoms with van der Waals surface area (Å²) >= 11 is 0. The molecule has 0 amide bonds. The lowest BCUT2D eigenvalue weighted by molar-refractivity contribution is 0.164. The Balaban J connectivity index is 1.54. The Morgan fingerprint density at radius 3 is 1.80 bits per heavy atom. The molecule has 4 heteroatoms. The summed E-state index contributed by atoms with van der Waals surface area (Å²) in [5.74, 6) is 2.49. The van der Waals surface area contributed by atoms with Gasteiger partial charge in [-0.3, -0.25) is 0 Å². The lowest BCUT2D eigenvalue weighted by Gasteiger charge is -2.37. The summed E-state index contributed by atoms with van der Waals surface area (Å²) in [5, 5.41) is 3.46. The number of benzene rings is 5. The van der Waals surface area contributed by atoms with Crippen LogP contribution in [0.3, 0.4) is 0 Å². The number of nitrogens with zero attached hydrogens (tertiary/aromatic N) is 1. The second-order valence-electron chi connectivity index (χ2n) is 10.5.